The predicted octanol–water partition coefficient (Wildman–Crippen LogP) is 2.57. The molecule has 0 radical (unpaired) electrons. The number of hydrogen-bond acceptors (Lipinski definition) is 4. The van der Waals surface area contributed by atoms with Crippen LogP contribution in [0.4, 0.5) is 0 Å². The molecule has 1 aromatic carbocycles. The summed E-state index contributed by atoms with van der Waals surface area (Å²) in [5.74, 6) is 1.44. The van der Waals surface area contributed by atoms with Crippen molar-refractivity contribution in [3.8, 4) is 11.5 Å². The van der Waals surface area contributed by atoms with Crippen LogP contribution in [0, 0.1) is 0 Å². The van der Waals surface area contributed by atoms with Crippen LogP contribution in [0.15, 0.2) is 18.2 Å². The van der Waals surface area contributed by atoms with E-state index in [4.69, 9.17) is 14.2 Å². The minimum Gasteiger partial charge on any atom is -0.493 e. The van der Waals surface area contributed by atoms with Gasteiger partial charge >= 0.3 is 0 Å². The molecular weight excluding hydrogens is 282 g/mol. The molecule has 1 rings (SSSR count). The minimum atomic E-state index is 0.0549. The Morgan fingerprint density at radius 2 is 1.91 bits per heavy atom. The van der Waals surface area contributed by atoms with Crippen LogP contribution in [0.2, 0.25) is 0 Å². The third kappa shape index (κ3) is 6.80. The fourth-order valence-electron chi connectivity index (χ4n) is 2.00. The number of carbonyl (C=O) groups is 1. The molecule has 0 atom stereocenters. The van der Waals surface area contributed by atoms with E-state index < -0.39 is 0 Å². The first kappa shape index (κ1) is 18.3. The van der Waals surface area contributed by atoms with Crippen molar-refractivity contribution in [1.82, 2.24) is 5.32 Å². The average molecular weight is 309 g/mol. The van der Waals surface area contributed by atoms with Crippen molar-refractivity contribution in [3.63, 3.8) is 0 Å². The Hall–Kier alpha value is -1.75. The lowest BCUT2D eigenvalue weighted by atomic mass is 10.1. The summed E-state index contributed by atoms with van der Waals surface area (Å²) in [4.78, 5) is 11.8. The van der Waals surface area contributed by atoms with Gasteiger partial charge in [-0.2, -0.15) is 0 Å². The van der Waals surface area contributed by atoms with Gasteiger partial charge in [0.1, 0.15) is 0 Å². The number of ether oxygens (including phenoxy) is 3. The Kier molecular flexibility index (Phi) is 8.36. The molecule has 5 heteroatoms. The molecular formula is C17H27NO4. The van der Waals surface area contributed by atoms with Crippen LogP contribution in [0.1, 0.15) is 32.3 Å². The molecule has 1 amide bonds. The van der Waals surface area contributed by atoms with Crippen LogP contribution >= 0.6 is 0 Å². The van der Waals surface area contributed by atoms with E-state index in [1.54, 1.807) is 14.2 Å². The Balaban J connectivity index is 2.29. The third-order valence-corrected chi connectivity index (χ3v) is 3.18. The van der Waals surface area contributed by atoms with E-state index in [-0.39, 0.29) is 12.0 Å². The van der Waals surface area contributed by atoms with Gasteiger partial charge in [0.15, 0.2) is 11.5 Å². The molecule has 0 aliphatic rings. The monoisotopic (exact) mass is 309 g/mol. The van der Waals surface area contributed by atoms with E-state index in [1.807, 2.05) is 32.0 Å². The molecule has 0 spiro atoms. The normalized spacial score (nSPS) is 10.6. The molecule has 1 aromatic rings. The van der Waals surface area contributed by atoms with Crippen molar-refractivity contribution in [3.05, 3.63) is 23.8 Å². The second-order valence-corrected chi connectivity index (χ2v) is 5.31. The van der Waals surface area contributed by atoms with Gasteiger partial charge in [-0.25, -0.2) is 0 Å². The van der Waals surface area contributed by atoms with Gasteiger partial charge in [0.2, 0.25) is 5.91 Å². The molecule has 0 unspecified atom stereocenters. The maximum Gasteiger partial charge on any atom is 0.220 e. The Morgan fingerprint density at radius 1 is 1.18 bits per heavy atom. The van der Waals surface area contributed by atoms with E-state index in [0.29, 0.717) is 37.5 Å². The zero-order valence-electron chi connectivity index (χ0n) is 14.0. The quantitative estimate of drug-likeness (QED) is 0.675. The van der Waals surface area contributed by atoms with Gasteiger partial charge in [0.25, 0.3) is 0 Å². The Bertz CT molecular complexity index is 460. The molecule has 0 saturated carbocycles. The summed E-state index contributed by atoms with van der Waals surface area (Å²) in [6.07, 6.45) is 2.20. The number of carbonyl (C=O) groups excluding carboxylic acids is 1. The lowest BCUT2D eigenvalue weighted by molar-refractivity contribution is -0.121. The summed E-state index contributed by atoms with van der Waals surface area (Å²) in [7, 11) is 3.21. The van der Waals surface area contributed by atoms with Gasteiger partial charge in [-0.05, 0) is 44.4 Å². The number of nitrogens with one attached hydrogen (secondary N) is 1. The maximum absolute atomic E-state index is 11.8. The lowest BCUT2D eigenvalue weighted by Gasteiger charge is -2.10. The van der Waals surface area contributed by atoms with E-state index >= 15 is 0 Å². The van der Waals surface area contributed by atoms with E-state index in [0.717, 1.165) is 12.0 Å². The highest BCUT2D eigenvalue weighted by molar-refractivity contribution is 5.76. The van der Waals surface area contributed by atoms with Crippen LogP contribution in [-0.4, -0.2) is 39.4 Å². The summed E-state index contributed by atoms with van der Waals surface area (Å²) >= 11 is 0. The average Bonchev–Trinajstić information content (AvgIpc) is 2.51. The fourth-order valence-corrected chi connectivity index (χ4v) is 2.00. The van der Waals surface area contributed by atoms with Gasteiger partial charge < -0.3 is 19.5 Å². The summed E-state index contributed by atoms with van der Waals surface area (Å²) in [5, 5.41) is 2.90. The first-order chi connectivity index (χ1) is 10.6. The molecule has 22 heavy (non-hydrogen) atoms. The highest BCUT2D eigenvalue weighted by Crippen LogP contribution is 2.27. The summed E-state index contributed by atoms with van der Waals surface area (Å²) in [6.45, 7) is 5.33. The largest absolute Gasteiger partial charge is 0.493 e. The third-order valence-electron chi connectivity index (χ3n) is 3.18. The molecule has 124 valence electrons. The molecule has 0 heterocycles. The zero-order valence-corrected chi connectivity index (χ0v) is 14.0. The van der Waals surface area contributed by atoms with Crippen molar-refractivity contribution in [1.29, 1.82) is 0 Å². The van der Waals surface area contributed by atoms with Crippen molar-refractivity contribution >= 4 is 5.91 Å². The zero-order chi connectivity index (χ0) is 16.4. The maximum atomic E-state index is 11.8. The minimum absolute atomic E-state index is 0.0549. The summed E-state index contributed by atoms with van der Waals surface area (Å²) in [5.41, 5.74) is 1.05. The standard InChI is InChI=1S/C17H27NO4/c1-13(2)22-11-5-10-18-17(19)9-7-14-6-8-15(20-3)16(12-14)21-4/h6,8,12-13H,5,7,9-11H2,1-4H3,(H,18,19). The predicted molar refractivity (Wildman–Crippen MR) is 86.6 cm³/mol. The lowest BCUT2D eigenvalue weighted by Crippen LogP contribution is -2.25. The Labute approximate surface area is 132 Å². The molecule has 5 nitrogen and oxygen atoms in total. The van der Waals surface area contributed by atoms with Crippen LogP contribution in [0.3, 0.4) is 0 Å². The first-order valence-corrected chi connectivity index (χ1v) is 7.66. The second kappa shape index (κ2) is 10.1. The first-order valence-electron chi connectivity index (χ1n) is 7.66. The van der Waals surface area contributed by atoms with Crippen molar-refractivity contribution < 1.29 is 19.0 Å². The molecule has 0 saturated heterocycles. The van der Waals surface area contributed by atoms with Crippen LogP contribution < -0.4 is 14.8 Å². The van der Waals surface area contributed by atoms with Gasteiger partial charge in [0, 0.05) is 19.6 Å². The van der Waals surface area contributed by atoms with E-state index in [2.05, 4.69) is 5.32 Å². The van der Waals surface area contributed by atoms with Gasteiger partial charge in [-0.3, -0.25) is 4.79 Å². The molecule has 0 bridgehead atoms. The van der Waals surface area contributed by atoms with Crippen molar-refractivity contribution in [2.24, 2.45) is 0 Å². The fraction of sp³-hybridized carbons (Fsp3) is 0.588. The second-order valence-electron chi connectivity index (χ2n) is 5.31. The van der Waals surface area contributed by atoms with Crippen LogP contribution in [0.5, 0.6) is 11.5 Å². The number of rotatable bonds is 10. The van der Waals surface area contributed by atoms with Gasteiger partial charge in [-0.15, -0.1) is 0 Å². The SMILES string of the molecule is COc1ccc(CCC(=O)NCCCOC(C)C)cc1OC. The molecule has 1 N–H and O–H groups in total. The van der Waals surface area contributed by atoms with Gasteiger partial charge in [-0.1, -0.05) is 6.07 Å². The van der Waals surface area contributed by atoms with Crippen molar-refractivity contribution in [2.75, 3.05) is 27.4 Å². The number of methoxy groups -OCH3 is 2. The molecule has 0 aliphatic heterocycles. The van der Waals surface area contributed by atoms with E-state index in [1.165, 1.54) is 0 Å². The molecule has 0 aromatic heterocycles. The highest BCUT2D eigenvalue weighted by atomic mass is 16.5. The number of hydrogen-bond donors (Lipinski definition) is 1. The van der Waals surface area contributed by atoms with Crippen LogP contribution in [0.25, 0.3) is 0 Å². The molecule has 0 fully saturated rings. The van der Waals surface area contributed by atoms with E-state index in [9.17, 15) is 4.79 Å². The van der Waals surface area contributed by atoms with Crippen LogP contribution in [-0.2, 0) is 16.0 Å². The number of benzene rings is 1. The number of amides is 1. The number of aryl methyl sites for hydroxylation is 1. The van der Waals surface area contributed by atoms with Gasteiger partial charge in [0.05, 0.1) is 20.3 Å². The summed E-state index contributed by atoms with van der Waals surface area (Å²) < 4.78 is 15.9. The highest BCUT2D eigenvalue weighted by Gasteiger charge is 2.06. The van der Waals surface area contributed by atoms with Crippen molar-refractivity contribution in [2.45, 2.75) is 39.2 Å². The smallest absolute Gasteiger partial charge is 0.220 e. The molecule has 0 aliphatic carbocycles. The Morgan fingerprint density at radius 3 is 2.55 bits per heavy atom. The topological polar surface area (TPSA) is 56.8 Å². The summed E-state index contributed by atoms with van der Waals surface area (Å²) in [6, 6.07) is 5.71.